The molecule has 1 aromatic carbocycles. The van der Waals surface area contributed by atoms with Crippen molar-refractivity contribution in [2.24, 2.45) is 5.73 Å². The average molecular weight is 266 g/mol. The minimum absolute atomic E-state index is 0.122. The Morgan fingerprint density at radius 1 is 1.39 bits per heavy atom. The maximum Gasteiger partial charge on any atom is 0.160 e. The Morgan fingerprint density at radius 3 is 2.67 bits per heavy atom. The van der Waals surface area contributed by atoms with Crippen LogP contribution in [0.4, 0.5) is 4.39 Å². The third-order valence-electron chi connectivity index (χ3n) is 2.68. The molecule has 0 radical (unpaired) electrons. The van der Waals surface area contributed by atoms with Gasteiger partial charge in [-0.15, -0.1) is 0 Å². The van der Waals surface area contributed by atoms with E-state index in [9.17, 15) is 4.39 Å². The van der Waals surface area contributed by atoms with Gasteiger partial charge in [0.25, 0.3) is 0 Å². The van der Waals surface area contributed by atoms with Crippen LogP contribution in [0.3, 0.4) is 0 Å². The van der Waals surface area contributed by atoms with E-state index < -0.39 is 0 Å². The standard InChI is InChI=1S/C13H13ClFN3/c1-7(16)11-6-17-13(18-8(11)2)10-4-3-9(15)5-12(10)14/h3-7H,16H2,1-2H3/t7-/m0/s1. The lowest BCUT2D eigenvalue weighted by molar-refractivity contribution is 0.628. The SMILES string of the molecule is Cc1nc(-c2ccc(F)cc2Cl)ncc1[C@H](C)N. The molecule has 0 saturated heterocycles. The number of nitrogens with two attached hydrogens (primary N) is 1. The summed E-state index contributed by atoms with van der Waals surface area (Å²) >= 11 is 5.97. The van der Waals surface area contributed by atoms with Gasteiger partial charge in [0.1, 0.15) is 5.82 Å². The van der Waals surface area contributed by atoms with Crippen molar-refractivity contribution in [3.05, 3.63) is 46.5 Å². The van der Waals surface area contributed by atoms with Crippen molar-refractivity contribution in [3.8, 4) is 11.4 Å². The zero-order chi connectivity index (χ0) is 13.3. The first kappa shape index (κ1) is 12.9. The lowest BCUT2D eigenvalue weighted by Gasteiger charge is -2.10. The van der Waals surface area contributed by atoms with E-state index in [1.807, 2.05) is 13.8 Å². The fourth-order valence-electron chi connectivity index (χ4n) is 1.72. The van der Waals surface area contributed by atoms with Crippen molar-refractivity contribution < 1.29 is 4.39 Å². The van der Waals surface area contributed by atoms with E-state index in [4.69, 9.17) is 17.3 Å². The van der Waals surface area contributed by atoms with Gasteiger partial charge in [0.2, 0.25) is 0 Å². The van der Waals surface area contributed by atoms with Crippen molar-refractivity contribution in [3.63, 3.8) is 0 Å². The summed E-state index contributed by atoms with van der Waals surface area (Å²) in [5, 5.41) is 0.294. The van der Waals surface area contributed by atoms with Crippen LogP contribution in [0.5, 0.6) is 0 Å². The minimum Gasteiger partial charge on any atom is -0.324 e. The second kappa shape index (κ2) is 5.00. The Labute approximate surface area is 110 Å². The third-order valence-corrected chi connectivity index (χ3v) is 2.99. The molecule has 0 aliphatic carbocycles. The molecule has 5 heteroatoms. The van der Waals surface area contributed by atoms with Gasteiger partial charge in [0.15, 0.2) is 5.82 Å². The van der Waals surface area contributed by atoms with Crippen LogP contribution in [0, 0.1) is 12.7 Å². The first-order valence-electron chi connectivity index (χ1n) is 5.53. The molecule has 2 aromatic rings. The molecule has 2 rings (SSSR count). The summed E-state index contributed by atoms with van der Waals surface area (Å²) in [4.78, 5) is 8.58. The molecule has 0 fully saturated rings. The molecule has 0 spiro atoms. The van der Waals surface area contributed by atoms with Crippen molar-refractivity contribution in [1.82, 2.24) is 9.97 Å². The summed E-state index contributed by atoms with van der Waals surface area (Å²) in [6.07, 6.45) is 1.68. The number of benzene rings is 1. The number of aryl methyl sites for hydroxylation is 1. The van der Waals surface area contributed by atoms with Gasteiger partial charge in [-0.3, -0.25) is 0 Å². The van der Waals surface area contributed by atoms with Crippen molar-refractivity contribution >= 4 is 11.6 Å². The summed E-state index contributed by atoms with van der Waals surface area (Å²) in [6.45, 7) is 3.73. The molecule has 94 valence electrons. The van der Waals surface area contributed by atoms with Crippen molar-refractivity contribution in [1.29, 1.82) is 0 Å². The minimum atomic E-state index is -0.382. The zero-order valence-corrected chi connectivity index (χ0v) is 10.9. The van der Waals surface area contributed by atoms with Crippen LogP contribution in [-0.4, -0.2) is 9.97 Å². The molecule has 3 nitrogen and oxygen atoms in total. The van der Waals surface area contributed by atoms with Gasteiger partial charge in [-0.25, -0.2) is 14.4 Å². The molecule has 0 bridgehead atoms. The molecule has 1 heterocycles. The average Bonchev–Trinajstić information content (AvgIpc) is 2.28. The molecule has 0 saturated carbocycles. The normalized spacial score (nSPS) is 12.5. The Morgan fingerprint density at radius 2 is 2.11 bits per heavy atom. The Balaban J connectivity index is 2.49. The molecule has 0 amide bonds. The number of halogens is 2. The van der Waals surface area contributed by atoms with E-state index in [1.165, 1.54) is 12.1 Å². The predicted molar refractivity (Wildman–Crippen MR) is 69.8 cm³/mol. The van der Waals surface area contributed by atoms with Gasteiger partial charge in [0.05, 0.1) is 5.02 Å². The van der Waals surface area contributed by atoms with Crippen LogP contribution in [0.25, 0.3) is 11.4 Å². The highest BCUT2D eigenvalue weighted by atomic mass is 35.5. The lowest BCUT2D eigenvalue weighted by Crippen LogP contribution is -2.09. The van der Waals surface area contributed by atoms with Crippen LogP contribution in [0.15, 0.2) is 24.4 Å². The summed E-state index contributed by atoms with van der Waals surface area (Å²) in [5.74, 6) is 0.0922. The van der Waals surface area contributed by atoms with Crippen LogP contribution < -0.4 is 5.73 Å². The molecular formula is C13H13ClFN3. The van der Waals surface area contributed by atoms with Crippen LogP contribution in [0.2, 0.25) is 5.02 Å². The second-order valence-corrected chi connectivity index (χ2v) is 4.55. The summed E-state index contributed by atoms with van der Waals surface area (Å²) < 4.78 is 13.0. The van der Waals surface area contributed by atoms with Gasteiger partial charge < -0.3 is 5.73 Å². The van der Waals surface area contributed by atoms with Gasteiger partial charge in [-0.05, 0) is 32.0 Å². The Bertz CT molecular complexity index is 584. The van der Waals surface area contributed by atoms with Gasteiger partial charge in [-0.1, -0.05) is 11.6 Å². The van der Waals surface area contributed by atoms with E-state index in [2.05, 4.69) is 9.97 Å². The van der Waals surface area contributed by atoms with E-state index in [-0.39, 0.29) is 11.9 Å². The summed E-state index contributed by atoms with van der Waals surface area (Å²) in [5.41, 5.74) is 8.09. The van der Waals surface area contributed by atoms with Crippen molar-refractivity contribution in [2.45, 2.75) is 19.9 Å². The molecule has 0 aliphatic rings. The summed E-state index contributed by atoms with van der Waals surface area (Å²) in [6, 6.07) is 4.02. The highest BCUT2D eigenvalue weighted by Gasteiger charge is 2.11. The number of hydrogen-bond donors (Lipinski definition) is 1. The first-order valence-corrected chi connectivity index (χ1v) is 5.91. The third kappa shape index (κ3) is 2.49. The fraction of sp³-hybridized carbons (Fsp3) is 0.231. The van der Waals surface area contributed by atoms with Crippen molar-refractivity contribution in [2.75, 3.05) is 0 Å². The Kier molecular flexibility index (Phi) is 3.59. The van der Waals surface area contributed by atoms with E-state index in [1.54, 1.807) is 12.3 Å². The number of rotatable bonds is 2. The lowest BCUT2D eigenvalue weighted by atomic mass is 10.1. The molecule has 18 heavy (non-hydrogen) atoms. The molecule has 1 aromatic heterocycles. The van der Waals surface area contributed by atoms with E-state index in [0.717, 1.165) is 11.3 Å². The molecule has 0 aliphatic heterocycles. The van der Waals surface area contributed by atoms with E-state index in [0.29, 0.717) is 16.4 Å². The smallest absolute Gasteiger partial charge is 0.160 e. The maximum atomic E-state index is 13.0. The van der Waals surface area contributed by atoms with Gasteiger partial charge >= 0.3 is 0 Å². The largest absolute Gasteiger partial charge is 0.324 e. The Hall–Kier alpha value is -1.52. The number of hydrogen-bond acceptors (Lipinski definition) is 3. The van der Waals surface area contributed by atoms with E-state index >= 15 is 0 Å². The fourth-order valence-corrected chi connectivity index (χ4v) is 1.98. The topological polar surface area (TPSA) is 51.8 Å². The highest BCUT2D eigenvalue weighted by molar-refractivity contribution is 6.33. The van der Waals surface area contributed by atoms with Gasteiger partial charge in [-0.2, -0.15) is 0 Å². The molecule has 1 atom stereocenters. The molecule has 0 unspecified atom stereocenters. The first-order chi connectivity index (χ1) is 8.49. The van der Waals surface area contributed by atoms with Crippen LogP contribution in [0.1, 0.15) is 24.2 Å². The second-order valence-electron chi connectivity index (χ2n) is 4.15. The molecular weight excluding hydrogens is 253 g/mol. The van der Waals surface area contributed by atoms with Gasteiger partial charge in [0, 0.05) is 29.1 Å². The summed E-state index contributed by atoms with van der Waals surface area (Å²) in [7, 11) is 0. The highest BCUT2D eigenvalue weighted by Crippen LogP contribution is 2.26. The number of nitrogens with zero attached hydrogens (tertiary/aromatic N) is 2. The maximum absolute atomic E-state index is 13.0. The predicted octanol–water partition coefficient (Wildman–Crippen LogP) is 3.26. The molecule has 2 N–H and O–H groups in total. The monoisotopic (exact) mass is 265 g/mol. The quantitative estimate of drug-likeness (QED) is 0.907. The van der Waals surface area contributed by atoms with Crippen LogP contribution in [-0.2, 0) is 0 Å². The number of aromatic nitrogens is 2. The van der Waals surface area contributed by atoms with Crippen LogP contribution >= 0.6 is 11.6 Å². The zero-order valence-electron chi connectivity index (χ0n) is 10.1.